The predicted octanol–water partition coefficient (Wildman–Crippen LogP) is 4.35. The zero-order chi connectivity index (χ0) is 10.7. The van der Waals surface area contributed by atoms with Gasteiger partial charge < -0.3 is 0 Å². The van der Waals surface area contributed by atoms with E-state index < -0.39 is 0 Å². The molecule has 2 unspecified atom stereocenters. The van der Waals surface area contributed by atoms with Crippen molar-refractivity contribution in [2.24, 2.45) is 34.5 Å². The van der Waals surface area contributed by atoms with E-state index in [1.165, 1.54) is 12.8 Å². The Labute approximate surface area is 89.5 Å². The smallest absolute Gasteiger partial charge is 0.0295 e. The molecule has 82 valence electrons. The van der Waals surface area contributed by atoms with Gasteiger partial charge in [0, 0.05) is 0 Å². The molecule has 0 aromatic carbocycles. The third kappa shape index (κ3) is 1.26. The Bertz CT molecular complexity index is 231. The van der Waals surface area contributed by atoms with Gasteiger partial charge in [-0.3, -0.25) is 0 Å². The topological polar surface area (TPSA) is 0 Å². The number of hydrogen-bond donors (Lipinski definition) is 0. The summed E-state index contributed by atoms with van der Waals surface area (Å²) in [6, 6.07) is 0. The largest absolute Gasteiger partial charge is 0.0619 e. The van der Waals surface area contributed by atoms with Gasteiger partial charge in [0.1, 0.15) is 0 Å². The number of fused-ring (bicyclic) bond motifs is 2. The molecule has 14 heavy (non-hydrogen) atoms. The van der Waals surface area contributed by atoms with Gasteiger partial charge in [-0.1, -0.05) is 41.5 Å². The molecule has 3 rings (SSSR count). The summed E-state index contributed by atoms with van der Waals surface area (Å²) in [7, 11) is 0. The summed E-state index contributed by atoms with van der Waals surface area (Å²) < 4.78 is 0. The Morgan fingerprint density at radius 1 is 1.07 bits per heavy atom. The van der Waals surface area contributed by atoms with Gasteiger partial charge in [0.25, 0.3) is 0 Å². The molecule has 2 bridgehead atoms. The molecule has 0 radical (unpaired) electrons. The summed E-state index contributed by atoms with van der Waals surface area (Å²) in [5.41, 5.74) is 1.17. The van der Waals surface area contributed by atoms with E-state index in [4.69, 9.17) is 0 Å². The first-order valence-corrected chi connectivity index (χ1v) is 6.24. The first kappa shape index (κ1) is 10.5. The van der Waals surface area contributed by atoms with Crippen LogP contribution in [0.15, 0.2) is 0 Å². The monoisotopic (exact) mass is 194 g/mol. The fourth-order valence-electron chi connectivity index (χ4n) is 4.29. The van der Waals surface area contributed by atoms with E-state index in [9.17, 15) is 0 Å². The normalized spacial score (nSPS) is 45.9. The lowest BCUT2D eigenvalue weighted by atomic mass is 9.41. The van der Waals surface area contributed by atoms with Crippen LogP contribution >= 0.6 is 0 Å². The molecule has 0 aliphatic heterocycles. The minimum Gasteiger partial charge on any atom is -0.0619 e. The highest BCUT2D eigenvalue weighted by molar-refractivity contribution is 5.06. The fourth-order valence-corrected chi connectivity index (χ4v) is 4.29. The molecule has 0 nitrogen and oxygen atoms in total. The van der Waals surface area contributed by atoms with Gasteiger partial charge in [-0.2, -0.15) is 0 Å². The third-order valence-corrected chi connectivity index (χ3v) is 5.47. The van der Waals surface area contributed by atoms with Crippen molar-refractivity contribution < 1.29 is 0 Å². The van der Waals surface area contributed by atoms with Crippen LogP contribution < -0.4 is 0 Å². The van der Waals surface area contributed by atoms with Crippen LogP contribution in [0.3, 0.4) is 0 Å². The van der Waals surface area contributed by atoms with E-state index in [2.05, 4.69) is 41.5 Å². The van der Waals surface area contributed by atoms with Crippen molar-refractivity contribution in [2.75, 3.05) is 0 Å². The van der Waals surface area contributed by atoms with Crippen molar-refractivity contribution in [3.8, 4) is 0 Å². The molecule has 0 heterocycles. The molecule has 3 aliphatic carbocycles. The predicted molar refractivity (Wildman–Crippen MR) is 62.1 cm³/mol. The lowest BCUT2D eigenvalue weighted by Crippen LogP contribution is -2.57. The van der Waals surface area contributed by atoms with Gasteiger partial charge >= 0.3 is 0 Å². The molecule has 0 heteroatoms. The molecule has 3 saturated carbocycles. The van der Waals surface area contributed by atoms with Gasteiger partial charge in [-0.25, -0.2) is 0 Å². The van der Waals surface area contributed by atoms with E-state index in [0.717, 1.165) is 23.7 Å². The summed E-state index contributed by atoms with van der Waals surface area (Å²) in [5, 5.41) is 0. The van der Waals surface area contributed by atoms with Crippen LogP contribution in [0.4, 0.5) is 0 Å². The molecular weight excluding hydrogens is 168 g/mol. The second-order valence-electron chi connectivity index (χ2n) is 7.43. The standard InChI is InChI=1S/C14H26/c1-9-11(13(2,3)4)7-10-8-12(9)14(10,5)6/h9-12H,7-8H2,1-6H3/t9-,10-,11?,12?/m0/s1. The van der Waals surface area contributed by atoms with Crippen LogP contribution in [0.1, 0.15) is 54.4 Å². The minimum absolute atomic E-state index is 0.521. The highest BCUT2D eigenvalue weighted by Crippen LogP contribution is 2.65. The van der Waals surface area contributed by atoms with Crippen molar-refractivity contribution in [3.63, 3.8) is 0 Å². The summed E-state index contributed by atoms with van der Waals surface area (Å²) in [5.74, 6) is 3.92. The summed E-state index contributed by atoms with van der Waals surface area (Å²) in [6.07, 6.45) is 2.99. The first-order valence-electron chi connectivity index (χ1n) is 6.24. The number of rotatable bonds is 0. The van der Waals surface area contributed by atoms with Crippen molar-refractivity contribution in [3.05, 3.63) is 0 Å². The van der Waals surface area contributed by atoms with Crippen LogP contribution in [0, 0.1) is 34.5 Å². The molecule has 0 amide bonds. The molecule has 0 aromatic heterocycles. The van der Waals surface area contributed by atoms with Gasteiger partial charge in [0.15, 0.2) is 0 Å². The molecule has 4 atom stereocenters. The minimum atomic E-state index is 0.521. The molecule has 3 aliphatic rings. The highest BCUT2D eigenvalue weighted by atomic mass is 14.6. The maximum absolute atomic E-state index is 2.50. The lowest BCUT2D eigenvalue weighted by molar-refractivity contribution is -0.150. The Morgan fingerprint density at radius 2 is 1.64 bits per heavy atom. The average molecular weight is 194 g/mol. The zero-order valence-electron chi connectivity index (χ0n) is 10.7. The van der Waals surface area contributed by atoms with Crippen molar-refractivity contribution in [1.82, 2.24) is 0 Å². The quantitative estimate of drug-likeness (QED) is 0.538. The maximum Gasteiger partial charge on any atom is -0.0295 e. The lowest BCUT2D eigenvalue weighted by Gasteiger charge is -2.64. The summed E-state index contributed by atoms with van der Waals surface area (Å²) in [6.45, 7) is 14.7. The van der Waals surface area contributed by atoms with Crippen molar-refractivity contribution in [1.29, 1.82) is 0 Å². The average Bonchev–Trinajstić information content (AvgIpc) is 2.01. The van der Waals surface area contributed by atoms with E-state index in [1.807, 2.05) is 0 Å². The molecule has 0 spiro atoms. The summed E-state index contributed by atoms with van der Waals surface area (Å²) >= 11 is 0. The van der Waals surface area contributed by atoms with Gasteiger partial charge in [0.2, 0.25) is 0 Å². The zero-order valence-corrected chi connectivity index (χ0v) is 10.7. The Kier molecular flexibility index (Phi) is 2.08. The highest BCUT2D eigenvalue weighted by Gasteiger charge is 2.57. The molecule has 0 saturated heterocycles. The molecular formula is C14H26. The maximum atomic E-state index is 2.50. The van der Waals surface area contributed by atoms with E-state index in [-0.39, 0.29) is 0 Å². The first-order chi connectivity index (χ1) is 6.24. The van der Waals surface area contributed by atoms with Crippen molar-refractivity contribution >= 4 is 0 Å². The summed E-state index contributed by atoms with van der Waals surface area (Å²) in [4.78, 5) is 0. The number of hydrogen-bond acceptors (Lipinski definition) is 0. The van der Waals surface area contributed by atoms with Gasteiger partial charge in [-0.15, -0.1) is 0 Å². The molecule has 3 fully saturated rings. The van der Waals surface area contributed by atoms with E-state index in [1.54, 1.807) is 0 Å². The Balaban J connectivity index is 2.16. The van der Waals surface area contributed by atoms with Crippen LogP contribution in [0.2, 0.25) is 0 Å². The SMILES string of the molecule is C[C@H]1C(C(C)(C)C)C[C@H]2CC1C2(C)C. The molecule has 0 aromatic rings. The van der Waals surface area contributed by atoms with Gasteiger partial charge in [-0.05, 0) is 47.3 Å². The van der Waals surface area contributed by atoms with Gasteiger partial charge in [0.05, 0.1) is 0 Å². The van der Waals surface area contributed by atoms with Crippen LogP contribution in [0.25, 0.3) is 0 Å². The second-order valence-corrected chi connectivity index (χ2v) is 7.43. The van der Waals surface area contributed by atoms with Crippen LogP contribution in [-0.4, -0.2) is 0 Å². The second kappa shape index (κ2) is 2.77. The van der Waals surface area contributed by atoms with E-state index >= 15 is 0 Å². The van der Waals surface area contributed by atoms with E-state index in [0.29, 0.717) is 10.8 Å². The fraction of sp³-hybridized carbons (Fsp3) is 1.00. The van der Waals surface area contributed by atoms with Crippen LogP contribution in [0.5, 0.6) is 0 Å². The van der Waals surface area contributed by atoms with Crippen molar-refractivity contribution in [2.45, 2.75) is 54.4 Å². The third-order valence-electron chi connectivity index (χ3n) is 5.47. The van der Waals surface area contributed by atoms with Crippen LogP contribution in [-0.2, 0) is 0 Å². The Morgan fingerprint density at radius 3 is 2.00 bits per heavy atom. The molecule has 0 N–H and O–H groups in total. The Hall–Kier alpha value is 0.